The molecule has 30 heavy (non-hydrogen) atoms. The molecule has 0 aliphatic rings. The summed E-state index contributed by atoms with van der Waals surface area (Å²) in [5.74, 6) is -0.948. The number of nitrogens with zero attached hydrogens (tertiary/aromatic N) is 2. The Labute approximate surface area is 176 Å². The molecule has 0 aliphatic carbocycles. The highest BCUT2D eigenvalue weighted by Crippen LogP contribution is 2.25. The Kier molecular flexibility index (Phi) is 6.22. The third kappa shape index (κ3) is 4.52. The molecule has 0 aromatic heterocycles. The molecular weight excluding hydrogens is 403 g/mol. The van der Waals surface area contributed by atoms with Gasteiger partial charge in [-0.2, -0.15) is 0 Å². The molecule has 3 aromatic carbocycles. The Morgan fingerprint density at radius 2 is 1.63 bits per heavy atom. The number of hydrogen-bond acceptors (Lipinski definition) is 3. The van der Waals surface area contributed by atoms with Gasteiger partial charge in [-0.15, -0.1) is 0 Å². The average molecular weight is 427 g/mol. The van der Waals surface area contributed by atoms with Crippen LogP contribution in [0.3, 0.4) is 0 Å². The Morgan fingerprint density at radius 3 is 2.33 bits per heavy atom. The number of halogens is 1. The molecule has 3 aromatic rings. The highest BCUT2D eigenvalue weighted by atomic mass is 32.2. The molecule has 0 saturated heterocycles. The highest BCUT2D eigenvalue weighted by molar-refractivity contribution is 7.92. The van der Waals surface area contributed by atoms with Crippen molar-refractivity contribution in [2.24, 2.45) is 0 Å². The smallest absolute Gasteiger partial charge is 0.264 e. The Bertz CT molecular complexity index is 1180. The van der Waals surface area contributed by atoms with Crippen molar-refractivity contribution in [2.75, 3.05) is 18.4 Å². The van der Waals surface area contributed by atoms with Gasteiger partial charge in [0.1, 0.15) is 5.82 Å². The van der Waals surface area contributed by atoms with Gasteiger partial charge in [0.05, 0.1) is 10.6 Å². The zero-order valence-corrected chi connectivity index (χ0v) is 17.9. The van der Waals surface area contributed by atoms with Crippen LogP contribution in [-0.2, 0) is 16.6 Å². The van der Waals surface area contributed by atoms with Crippen LogP contribution in [0.25, 0.3) is 0 Å². The first-order chi connectivity index (χ1) is 14.2. The molecule has 0 aliphatic heterocycles. The number of para-hydroxylation sites is 1. The van der Waals surface area contributed by atoms with Crippen molar-refractivity contribution in [2.45, 2.75) is 18.4 Å². The third-order valence-corrected chi connectivity index (χ3v) is 6.55. The summed E-state index contributed by atoms with van der Waals surface area (Å²) in [5, 5.41) is 0. The monoisotopic (exact) mass is 426 g/mol. The van der Waals surface area contributed by atoms with E-state index in [0.29, 0.717) is 6.54 Å². The Hall–Kier alpha value is -3.19. The predicted octanol–water partition coefficient (Wildman–Crippen LogP) is 4.23. The number of sulfonamides is 1. The number of anilines is 1. The van der Waals surface area contributed by atoms with Gasteiger partial charge < -0.3 is 4.90 Å². The van der Waals surface area contributed by atoms with Gasteiger partial charge in [-0.1, -0.05) is 48.0 Å². The van der Waals surface area contributed by atoms with Gasteiger partial charge in [-0.25, -0.2) is 12.8 Å². The van der Waals surface area contributed by atoms with E-state index in [0.717, 1.165) is 15.4 Å². The van der Waals surface area contributed by atoms with Crippen molar-refractivity contribution < 1.29 is 17.6 Å². The maximum absolute atomic E-state index is 14.1. The van der Waals surface area contributed by atoms with Gasteiger partial charge in [0.2, 0.25) is 0 Å². The molecule has 1 amide bonds. The first-order valence-corrected chi connectivity index (χ1v) is 10.8. The molecule has 7 heteroatoms. The number of benzene rings is 3. The van der Waals surface area contributed by atoms with Gasteiger partial charge in [-0.3, -0.25) is 9.10 Å². The van der Waals surface area contributed by atoms with E-state index in [-0.39, 0.29) is 22.1 Å². The third-order valence-electron chi connectivity index (χ3n) is 4.78. The first kappa shape index (κ1) is 21.5. The minimum Gasteiger partial charge on any atom is -0.337 e. The average Bonchev–Trinajstić information content (AvgIpc) is 2.73. The molecule has 0 spiro atoms. The quantitative estimate of drug-likeness (QED) is 0.593. The van der Waals surface area contributed by atoms with Crippen LogP contribution in [0.15, 0.2) is 77.7 Å². The maximum Gasteiger partial charge on any atom is 0.264 e. The van der Waals surface area contributed by atoms with E-state index >= 15 is 0 Å². The lowest BCUT2D eigenvalue weighted by Crippen LogP contribution is -2.29. The van der Waals surface area contributed by atoms with Crippen molar-refractivity contribution in [1.82, 2.24) is 4.90 Å². The molecule has 0 fully saturated rings. The van der Waals surface area contributed by atoms with Crippen molar-refractivity contribution >= 4 is 21.6 Å². The number of hydrogen-bond donors (Lipinski definition) is 0. The summed E-state index contributed by atoms with van der Waals surface area (Å²) in [6.45, 7) is 2.37. The van der Waals surface area contributed by atoms with Crippen LogP contribution in [0.1, 0.15) is 21.5 Å². The van der Waals surface area contributed by atoms with E-state index in [1.165, 1.54) is 48.3 Å². The molecule has 0 unspecified atom stereocenters. The standard InChI is InChI=1S/C23H23FN2O3S/c1-17-8-6-9-18(14-17)16-25(2)23(27)19-10-7-11-20(15-19)30(28,29)26(3)22-13-5-4-12-21(22)24/h4-15H,16H2,1-3H3. The molecule has 0 saturated carbocycles. The normalized spacial score (nSPS) is 11.2. The Morgan fingerprint density at radius 1 is 0.933 bits per heavy atom. The fraction of sp³-hybridized carbons (Fsp3) is 0.174. The molecule has 0 N–H and O–H groups in total. The number of carbonyl (C=O) groups is 1. The topological polar surface area (TPSA) is 57.7 Å². The lowest BCUT2D eigenvalue weighted by molar-refractivity contribution is 0.0785. The van der Waals surface area contributed by atoms with Crippen LogP contribution in [0, 0.1) is 12.7 Å². The van der Waals surface area contributed by atoms with E-state index in [9.17, 15) is 17.6 Å². The molecule has 0 bridgehead atoms. The van der Waals surface area contributed by atoms with E-state index in [4.69, 9.17) is 0 Å². The fourth-order valence-corrected chi connectivity index (χ4v) is 4.41. The molecule has 5 nitrogen and oxygen atoms in total. The van der Waals surface area contributed by atoms with Gasteiger partial charge >= 0.3 is 0 Å². The molecule has 156 valence electrons. The van der Waals surface area contributed by atoms with Crippen molar-refractivity contribution in [1.29, 1.82) is 0 Å². The van der Waals surface area contributed by atoms with E-state index in [1.54, 1.807) is 19.2 Å². The van der Waals surface area contributed by atoms with Crippen LogP contribution in [0.2, 0.25) is 0 Å². The zero-order valence-electron chi connectivity index (χ0n) is 17.0. The van der Waals surface area contributed by atoms with Crippen LogP contribution >= 0.6 is 0 Å². The van der Waals surface area contributed by atoms with E-state index in [1.807, 2.05) is 31.2 Å². The summed E-state index contributed by atoms with van der Waals surface area (Å²) in [7, 11) is -1.09. The number of amides is 1. The van der Waals surface area contributed by atoms with Crippen LogP contribution < -0.4 is 4.31 Å². The largest absolute Gasteiger partial charge is 0.337 e. The summed E-state index contributed by atoms with van der Waals surface area (Å²) in [5.41, 5.74) is 2.26. The molecule has 0 atom stereocenters. The van der Waals surface area contributed by atoms with Crippen molar-refractivity contribution in [3.63, 3.8) is 0 Å². The maximum atomic E-state index is 14.1. The predicted molar refractivity (Wildman–Crippen MR) is 115 cm³/mol. The fourth-order valence-electron chi connectivity index (χ4n) is 3.16. The summed E-state index contributed by atoms with van der Waals surface area (Å²) in [4.78, 5) is 14.3. The molecule has 3 rings (SSSR count). The van der Waals surface area contributed by atoms with Gasteiger partial charge in [0.15, 0.2) is 0 Å². The molecule has 0 radical (unpaired) electrons. The van der Waals surface area contributed by atoms with Crippen LogP contribution in [-0.4, -0.2) is 33.3 Å². The SMILES string of the molecule is Cc1cccc(CN(C)C(=O)c2cccc(S(=O)(=O)N(C)c3ccccc3F)c2)c1. The van der Waals surface area contributed by atoms with E-state index < -0.39 is 15.8 Å². The summed E-state index contributed by atoms with van der Waals surface area (Å²) in [6, 6.07) is 19.3. The molecule has 0 heterocycles. The van der Waals surface area contributed by atoms with Crippen LogP contribution in [0.5, 0.6) is 0 Å². The Balaban J connectivity index is 1.86. The second kappa shape index (κ2) is 8.67. The highest BCUT2D eigenvalue weighted by Gasteiger charge is 2.25. The van der Waals surface area contributed by atoms with Crippen molar-refractivity contribution in [3.8, 4) is 0 Å². The first-order valence-electron chi connectivity index (χ1n) is 9.34. The van der Waals surface area contributed by atoms with Gasteiger partial charge in [-0.05, 0) is 42.8 Å². The lowest BCUT2D eigenvalue weighted by Gasteiger charge is -2.21. The van der Waals surface area contributed by atoms with Gasteiger partial charge in [0.25, 0.3) is 15.9 Å². The summed E-state index contributed by atoms with van der Waals surface area (Å²) < 4.78 is 40.9. The van der Waals surface area contributed by atoms with Crippen molar-refractivity contribution in [3.05, 3.63) is 95.3 Å². The number of rotatable bonds is 6. The minimum absolute atomic E-state index is 0.0641. The zero-order chi connectivity index (χ0) is 21.9. The second-order valence-corrected chi connectivity index (χ2v) is 9.07. The van der Waals surface area contributed by atoms with Crippen LogP contribution in [0.4, 0.5) is 10.1 Å². The second-order valence-electron chi connectivity index (χ2n) is 7.10. The van der Waals surface area contributed by atoms with Gasteiger partial charge in [0, 0.05) is 26.2 Å². The number of carbonyl (C=O) groups excluding carboxylic acids is 1. The minimum atomic E-state index is -4.04. The van der Waals surface area contributed by atoms with E-state index in [2.05, 4.69) is 0 Å². The molecular formula is C23H23FN2O3S. The summed E-state index contributed by atoms with van der Waals surface area (Å²) >= 11 is 0. The summed E-state index contributed by atoms with van der Waals surface area (Å²) in [6.07, 6.45) is 0. The number of aryl methyl sites for hydroxylation is 1. The lowest BCUT2D eigenvalue weighted by atomic mass is 10.1.